The molecule has 1 unspecified atom stereocenters. The van der Waals surface area contributed by atoms with Gasteiger partial charge in [-0.1, -0.05) is 6.42 Å². The van der Waals surface area contributed by atoms with Gasteiger partial charge in [0.1, 0.15) is 0 Å². The first-order valence-corrected chi connectivity index (χ1v) is 6.61. The molecule has 0 aromatic heterocycles. The number of hydrogen-bond donors (Lipinski definition) is 3. The van der Waals surface area contributed by atoms with Crippen molar-refractivity contribution in [2.24, 2.45) is 0 Å². The van der Waals surface area contributed by atoms with Crippen LogP contribution in [0.25, 0.3) is 0 Å². The summed E-state index contributed by atoms with van der Waals surface area (Å²) in [5.41, 5.74) is 0. The monoisotopic (exact) mass is 224 g/mol. The van der Waals surface area contributed by atoms with Crippen molar-refractivity contribution in [3.05, 3.63) is 0 Å². The van der Waals surface area contributed by atoms with Crippen LogP contribution in [0.2, 0.25) is 0 Å². The minimum atomic E-state index is 0.546. The Kier molecular flexibility index (Phi) is 4.60. The summed E-state index contributed by atoms with van der Waals surface area (Å²) in [6, 6.07) is 0.546. The van der Waals surface area contributed by atoms with Crippen molar-refractivity contribution in [2.75, 3.05) is 32.7 Å². The molecular formula is C12H24N4. The van der Waals surface area contributed by atoms with Gasteiger partial charge in [0.15, 0.2) is 0 Å². The maximum atomic E-state index is 7.75. The van der Waals surface area contributed by atoms with E-state index in [1.54, 1.807) is 0 Å². The summed E-state index contributed by atoms with van der Waals surface area (Å²) in [4.78, 5) is 2.53. The third kappa shape index (κ3) is 3.76. The number of nitrogens with zero attached hydrogens (tertiary/aromatic N) is 1. The average Bonchev–Trinajstić information content (AvgIpc) is 2.52. The van der Waals surface area contributed by atoms with Gasteiger partial charge in [0.25, 0.3) is 0 Å². The zero-order chi connectivity index (χ0) is 11.2. The van der Waals surface area contributed by atoms with Gasteiger partial charge in [-0.2, -0.15) is 0 Å². The molecule has 16 heavy (non-hydrogen) atoms. The van der Waals surface area contributed by atoms with Gasteiger partial charge in [-0.05, 0) is 19.3 Å². The highest BCUT2D eigenvalue weighted by atomic mass is 15.2. The van der Waals surface area contributed by atoms with E-state index < -0.39 is 0 Å². The Morgan fingerprint density at radius 1 is 1.25 bits per heavy atom. The van der Waals surface area contributed by atoms with Crippen LogP contribution in [0.15, 0.2) is 0 Å². The third-order valence-corrected chi connectivity index (χ3v) is 3.61. The van der Waals surface area contributed by atoms with Crippen LogP contribution in [0.4, 0.5) is 0 Å². The van der Waals surface area contributed by atoms with Gasteiger partial charge in [0.05, 0.1) is 5.84 Å². The summed E-state index contributed by atoms with van der Waals surface area (Å²) in [7, 11) is 0. The highest BCUT2D eigenvalue weighted by Crippen LogP contribution is 2.12. The molecule has 0 bridgehead atoms. The van der Waals surface area contributed by atoms with Crippen LogP contribution in [-0.4, -0.2) is 49.5 Å². The van der Waals surface area contributed by atoms with Gasteiger partial charge in [-0.15, -0.1) is 0 Å². The Morgan fingerprint density at radius 3 is 2.88 bits per heavy atom. The summed E-state index contributed by atoms with van der Waals surface area (Å²) in [6.45, 7) is 5.82. The first kappa shape index (κ1) is 11.9. The quantitative estimate of drug-likeness (QED) is 0.664. The summed E-state index contributed by atoms with van der Waals surface area (Å²) in [5.74, 6) is 0.753. The molecule has 2 heterocycles. The second kappa shape index (κ2) is 6.21. The molecule has 2 aliphatic heterocycles. The van der Waals surface area contributed by atoms with Gasteiger partial charge in [-0.3, -0.25) is 5.41 Å². The number of amidine groups is 1. The van der Waals surface area contributed by atoms with Gasteiger partial charge in [0, 0.05) is 45.2 Å². The Morgan fingerprint density at radius 2 is 2.06 bits per heavy atom. The normalized spacial score (nSPS) is 28.5. The Bertz CT molecular complexity index is 223. The first-order chi connectivity index (χ1) is 7.84. The smallest absolute Gasteiger partial charge is 0.0933 e. The van der Waals surface area contributed by atoms with E-state index in [0.717, 1.165) is 25.3 Å². The van der Waals surface area contributed by atoms with Crippen LogP contribution in [0, 0.1) is 5.41 Å². The molecule has 92 valence electrons. The first-order valence-electron chi connectivity index (χ1n) is 6.61. The zero-order valence-corrected chi connectivity index (χ0v) is 10.1. The fraction of sp³-hybridized carbons (Fsp3) is 0.917. The number of nitrogens with one attached hydrogen (secondary N) is 3. The van der Waals surface area contributed by atoms with Crippen molar-refractivity contribution < 1.29 is 0 Å². The largest absolute Gasteiger partial charge is 0.371 e. The number of hydrogen-bond acceptors (Lipinski definition) is 3. The molecule has 4 heteroatoms. The van der Waals surface area contributed by atoms with E-state index in [1.165, 1.54) is 45.3 Å². The predicted octanol–water partition coefficient (Wildman–Crippen LogP) is 0.791. The molecule has 4 nitrogen and oxygen atoms in total. The maximum Gasteiger partial charge on any atom is 0.0933 e. The van der Waals surface area contributed by atoms with E-state index >= 15 is 0 Å². The van der Waals surface area contributed by atoms with Crippen LogP contribution < -0.4 is 10.6 Å². The highest BCUT2D eigenvalue weighted by Gasteiger charge is 2.16. The number of piperazine rings is 1. The maximum absolute atomic E-state index is 7.75. The Balaban J connectivity index is 1.69. The summed E-state index contributed by atoms with van der Waals surface area (Å²) in [5, 5.41) is 14.5. The lowest BCUT2D eigenvalue weighted by atomic mass is 10.1. The van der Waals surface area contributed by atoms with Crippen molar-refractivity contribution in [3.8, 4) is 0 Å². The Hall–Kier alpha value is -0.610. The van der Waals surface area contributed by atoms with Crippen molar-refractivity contribution in [1.82, 2.24) is 15.5 Å². The standard InChI is InChI=1S/C12H24N4/c13-12-4-2-1-3-11(15-12)5-8-16-9-6-14-7-10-16/h11,14H,1-10H2,(H2,13,15). The summed E-state index contributed by atoms with van der Waals surface area (Å²) in [6.07, 6.45) is 5.86. The molecule has 0 aromatic carbocycles. The predicted molar refractivity (Wildman–Crippen MR) is 67.0 cm³/mol. The molecule has 3 N–H and O–H groups in total. The third-order valence-electron chi connectivity index (χ3n) is 3.61. The fourth-order valence-electron chi connectivity index (χ4n) is 2.57. The molecule has 0 saturated carbocycles. The molecule has 0 aliphatic carbocycles. The molecule has 2 saturated heterocycles. The van der Waals surface area contributed by atoms with Crippen LogP contribution >= 0.6 is 0 Å². The zero-order valence-electron chi connectivity index (χ0n) is 10.1. The van der Waals surface area contributed by atoms with Crippen LogP contribution in [0.5, 0.6) is 0 Å². The van der Waals surface area contributed by atoms with Crippen molar-refractivity contribution in [3.63, 3.8) is 0 Å². The molecule has 0 spiro atoms. The van der Waals surface area contributed by atoms with E-state index in [4.69, 9.17) is 5.41 Å². The molecule has 0 radical (unpaired) electrons. The average molecular weight is 224 g/mol. The van der Waals surface area contributed by atoms with Gasteiger partial charge in [-0.25, -0.2) is 0 Å². The topological polar surface area (TPSA) is 51.2 Å². The second-order valence-corrected chi connectivity index (χ2v) is 4.95. The van der Waals surface area contributed by atoms with Gasteiger partial charge >= 0.3 is 0 Å². The molecule has 1 atom stereocenters. The summed E-state index contributed by atoms with van der Waals surface area (Å²) < 4.78 is 0. The van der Waals surface area contributed by atoms with Gasteiger partial charge in [0.2, 0.25) is 0 Å². The van der Waals surface area contributed by atoms with Crippen LogP contribution in [-0.2, 0) is 0 Å². The van der Waals surface area contributed by atoms with Crippen molar-refractivity contribution in [2.45, 2.75) is 38.1 Å². The van der Waals surface area contributed by atoms with E-state index in [0.29, 0.717) is 6.04 Å². The van der Waals surface area contributed by atoms with Crippen molar-refractivity contribution >= 4 is 5.84 Å². The minimum absolute atomic E-state index is 0.546. The van der Waals surface area contributed by atoms with Crippen molar-refractivity contribution in [1.29, 1.82) is 5.41 Å². The lowest BCUT2D eigenvalue weighted by Crippen LogP contribution is -2.45. The molecule has 2 rings (SSSR count). The van der Waals surface area contributed by atoms with E-state index in [2.05, 4.69) is 15.5 Å². The summed E-state index contributed by atoms with van der Waals surface area (Å²) >= 11 is 0. The van der Waals surface area contributed by atoms with Crippen LogP contribution in [0.1, 0.15) is 32.1 Å². The van der Waals surface area contributed by atoms with E-state index in [9.17, 15) is 0 Å². The number of rotatable bonds is 3. The lowest BCUT2D eigenvalue weighted by Gasteiger charge is -2.29. The Labute approximate surface area is 98.3 Å². The van der Waals surface area contributed by atoms with Crippen LogP contribution in [0.3, 0.4) is 0 Å². The molecule has 2 fully saturated rings. The fourth-order valence-corrected chi connectivity index (χ4v) is 2.57. The molecule has 0 aromatic rings. The van der Waals surface area contributed by atoms with E-state index in [-0.39, 0.29) is 0 Å². The lowest BCUT2D eigenvalue weighted by molar-refractivity contribution is 0.229. The molecular weight excluding hydrogens is 200 g/mol. The van der Waals surface area contributed by atoms with E-state index in [1.807, 2.05) is 0 Å². The second-order valence-electron chi connectivity index (χ2n) is 4.95. The SMILES string of the molecule is N=C1CCCCC(CCN2CCNCC2)N1. The minimum Gasteiger partial charge on any atom is -0.371 e. The molecule has 2 aliphatic rings. The van der Waals surface area contributed by atoms with Gasteiger partial charge < -0.3 is 15.5 Å². The highest BCUT2D eigenvalue weighted by molar-refractivity contribution is 5.79. The molecule has 0 amide bonds.